The monoisotopic (exact) mass is 250 g/mol. The number of halogens is 2. The summed E-state index contributed by atoms with van der Waals surface area (Å²) in [6.07, 6.45) is 0.955. The van der Waals surface area contributed by atoms with Crippen LogP contribution in [0.1, 0.15) is 12.5 Å². The third-order valence-electron chi connectivity index (χ3n) is 2.71. The Labute approximate surface area is 104 Å². The van der Waals surface area contributed by atoms with Gasteiger partial charge in [-0.2, -0.15) is 0 Å². The molecule has 0 radical (unpaired) electrons. The number of phenolic OH excluding ortho intramolecular Hbond substituents is 1. The van der Waals surface area contributed by atoms with Gasteiger partial charge in [-0.3, -0.25) is 0 Å². The molecule has 0 amide bonds. The van der Waals surface area contributed by atoms with Crippen molar-refractivity contribution >= 4 is 11.6 Å². The van der Waals surface area contributed by atoms with Crippen LogP contribution in [-0.2, 0) is 6.42 Å². The summed E-state index contributed by atoms with van der Waals surface area (Å²) in [5, 5.41) is 9.71. The molecular formula is C14H12ClFO. The molecule has 0 saturated carbocycles. The highest BCUT2D eigenvalue weighted by atomic mass is 35.5. The van der Waals surface area contributed by atoms with Gasteiger partial charge in [-0.05, 0) is 23.6 Å². The lowest BCUT2D eigenvalue weighted by atomic mass is 10.0. The first-order valence-electron chi connectivity index (χ1n) is 5.39. The molecule has 1 nitrogen and oxygen atoms in total. The minimum atomic E-state index is -0.613. The highest BCUT2D eigenvalue weighted by Crippen LogP contribution is 2.33. The van der Waals surface area contributed by atoms with E-state index in [0.717, 1.165) is 18.1 Å². The SMILES string of the molecule is CCc1ccc(-c2cc(Cl)c(F)cc2O)cc1. The Morgan fingerprint density at radius 3 is 2.41 bits per heavy atom. The minimum absolute atomic E-state index is 0.0115. The molecule has 3 heteroatoms. The largest absolute Gasteiger partial charge is 0.507 e. The van der Waals surface area contributed by atoms with Crippen LogP contribution in [-0.4, -0.2) is 5.11 Å². The van der Waals surface area contributed by atoms with E-state index in [4.69, 9.17) is 11.6 Å². The molecule has 2 rings (SSSR count). The Balaban J connectivity index is 2.48. The van der Waals surface area contributed by atoms with E-state index in [9.17, 15) is 9.50 Å². The molecule has 2 aromatic carbocycles. The van der Waals surface area contributed by atoms with Gasteiger partial charge >= 0.3 is 0 Å². The summed E-state index contributed by atoms with van der Waals surface area (Å²) < 4.78 is 13.1. The zero-order valence-electron chi connectivity index (χ0n) is 9.37. The van der Waals surface area contributed by atoms with Crippen molar-refractivity contribution in [3.05, 3.63) is 52.8 Å². The third-order valence-corrected chi connectivity index (χ3v) is 3.00. The molecule has 0 aliphatic rings. The van der Waals surface area contributed by atoms with Crippen LogP contribution < -0.4 is 0 Å². The first kappa shape index (κ1) is 11.9. The van der Waals surface area contributed by atoms with Crippen LogP contribution in [0, 0.1) is 5.82 Å². The van der Waals surface area contributed by atoms with Crippen molar-refractivity contribution in [3.63, 3.8) is 0 Å². The Morgan fingerprint density at radius 1 is 1.18 bits per heavy atom. The van der Waals surface area contributed by atoms with Crippen molar-refractivity contribution in [3.8, 4) is 16.9 Å². The van der Waals surface area contributed by atoms with Gasteiger partial charge in [0.05, 0.1) is 5.02 Å². The van der Waals surface area contributed by atoms with E-state index in [1.807, 2.05) is 24.3 Å². The van der Waals surface area contributed by atoms with E-state index >= 15 is 0 Å². The number of benzene rings is 2. The second-order valence-electron chi connectivity index (χ2n) is 3.83. The minimum Gasteiger partial charge on any atom is -0.507 e. The molecule has 0 unspecified atom stereocenters. The summed E-state index contributed by atoms with van der Waals surface area (Å²) in [5.41, 5.74) is 2.57. The first-order chi connectivity index (χ1) is 8.11. The van der Waals surface area contributed by atoms with Crippen LogP contribution >= 0.6 is 11.6 Å². The van der Waals surface area contributed by atoms with Gasteiger partial charge in [-0.15, -0.1) is 0 Å². The molecule has 0 spiro atoms. The number of aryl methyl sites for hydroxylation is 1. The van der Waals surface area contributed by atoms with E-state index in [-0.39, 0.29) is 10.8 Å². The average molecular weight is 251 g/mol. The summed E-state index contributed by atoms with van der Waals surface area (Å²) >= 11 is 5.71. The van der Waals surface area contributed by atoms with Crippen molar-refractivity contribution in [1.29, 1.82) is 0 Å². The summed E-state index contributed by atoms with van der Waals surface area (Å²) in [4.78, 5) is 0. The lowest BCUT2D eigenvalue weighted by Crippen LogP contribution is -1.85. The maximum Gasteiger partial charge on any atom is 0.145 e. The number of aromatic hydroxyl groups is 1. The molecule has 0 aliphatic heterocycles. The van der Waals surface area contributed by atoms with E-state index in [0.29, 0.717) is 5.56 Å². The fraction of sp³-hybridized carbons (Fsp3) is 0.143. The smallest absolute Gasteiger partial charge is 0.145 e. The van der Waals surface area contributed by atoms with E-state index in [1.165, 1.54) is 11.6 Å². The van der Waals surface area contributed by atoms with Gasteiger partial charge in [-0.1, -0.05) is 42.8 Å². The fourth-order valence-corrected chi connectivity index (χ4v) is 1.85. The topological polar surface area (TPSA) is 20.2 Å². The van der Waals surface area contributed by atoms with E-state index in [1.54, 1.807) is 0 Å². The second kappa shape index (κ2) is 4.76. The maximum absolute atomic E-state index is 13.1. The number of hydrogen-bond donors (Lipinski definition) is 1. The maximum atomic E-state index is 13.1. The Kier molecular flexibility index (Phi) is 3.34. The van der Waals surface area contributed by atoms with Crippen LogP contribution in [0.4, 0.5) is 4.39 Å². The zero-order valence-corrected chi connectivity index (χ0v) is 10.1. The fourth-order valence-electron chi connectivity index (χ4n) is 1.69. The Morgan fingerprint density at radius 2 is 1.82 bits per heavy atom. The summed E-state index contributed by atoms with van der Waals surface area (Å²) in [5.74, 6) is -0.714. The van der Waals surface area contributed by atoms with Crippen LogP contribution in [0.2, 0.25) is 5.02 Å². The van der Waals surface area contributed by atoms with Gasteiger partial charge in [0.1, 0.15) is 11.6 Å². The average Bonchev–Trinajstić information content (AvgIpc) is 2.34. The highest BCUT2D eigenvalue weighted by Gasteiger charge is 2.09. The lowest BCUT2D eigenvalue weighted by molar-refractivity contribution is 0.471. The molecule has 0 saturated heterocycles. The molecule has 88 valence electrons. The normalized spacial score (nSPS) is 10.5. The van der Waals surface area contributed by atoms with Gasteiger partial charge in [0.15, 0.2) is 0 Å². The van der Waals surface area contributed by atoms with Crippen molar-refractivity contribution < 1.29 is 9.50 Å². The van der Waals surface area contributed by atoms with Gasteiger partial charge in [0.25, 0.3) is 0 Å². The number of hydrogen-bond acceptors (Lipinski definition) is 1. The molecular weight excluding hydrogens is 239 g/mol. The van der Waals surface area contributed by atoms with Crippen molar-refractivity contribution in [2.45, 2.75) is 13.3 Å². The standard InChI is InChI=1S/C14H12ClFO/c1-2-9-3-5-10(6-4-9)11-7-12(15)13(16)8-14(11)17/h3-8,17H,2H2,1H3. The number of rotatable bonds is 2. The molecule has 2 aromatic rings. The molecule has 0 fully saturated rings. The zero-order chi connectivity index (χ0) is 12.4. The van der Waals surface area contributed by atoms with Crippen molar-refractivity contribution in [2.24, 2.45) is 0 Å². The molecule has 0 aromatic heterocycles. The quantitative estimate of drug-likeness (QED) is 0.837. The lowest BCUT2D eigenvalue weighted by Gasteiger charge is -2.07. The van der Waals surface area contributed by atoms with Crippen LogP contribution in [0.15, 0.2) is 36.4 Å². The predicted octanol–water partition coefficient (Wildman–Crippen LogP) is 4.41. The van der Waals surface area contributed by atoms with Gasteiger partial charge in [-0.25, -0.2) is 4.39 Å². The van der Waals surface area contributed by atoms with Crippen molar-refractivity contribution in [1.82, 2.24) is 0 Å². The first-order valence-corrected chi connectivity index (χ1v) is 5.77. The molecule has 1 N–H and O–H groups in total. The summed E-state index contributed by atoms with van der Waals surface area (Å²) in [6.45, 7) is 2.07. The van der Waals surface area contributed by atoms with Gasteiger partial charge in [0.2, 0.25) is 0 Å². The molecule has 0 heterocycles. The highest BCUT2D eigenvalue weighted by molar-refractivity contribution is 6.31. The Bertz CT molecular complexity index is 535. The number of phenols is 1. The third kappa shape index (κ3) is 2.42. The molecule has 17 heavy (non-hydrogen) atoms. The predicted molar refractivity (Wildman–Crippen MR) is 67.9 cm³/mol. The van der Waals surface area contributed by atoms with Crippen LogP contribution in [0.25, 0.3) is 11.1 Å². The Hall–Kier alpha value is -1.54. The molecule has 0 atom stereocenters. The van der Waals surface area contributed by atoms with Crippen LogP contribution in [0.3, 0.4) is 0 Å². The van der Waals surface area contributed by atoms with E-state index in [2.05, 4.69) is 6.92 Å². The molecule has 0 bridgehead atoms. The van der Waals surface area contributed by atoms with Crippen LogP contribution in [0.5, 0.6) is 5.75 Å². The van der Waals surface area contributed by atoms with E-state index < -0.39 is 5.82 Å². The second-order valence-corrected chi connectivity index (χ2v) is 4.24. The summed E-state index contributed by atoms with van der Waals surface area (Å²) in [7, 11) is 0. The summed E-state index contributed by atoms with van der Waals surface area (Å²) in [6, 6.07) is 10.2. The van der Waals surface area contributed by atoms with Gasteiger partial charge in [0, 0.05) is 11.6 Å². The molecule has 0 aliphatic carbocycles. The van der Waals surface area contributed by atoms with Crippen molar-refractivity contribution in [2.75, 3.05) is 0 Å². The van der Waals surface area contributed by atoms with Gasteiger partial charge < -0.3 is 5.11 Å².